The van der Waals surface area contributed by atoms with Crippen LogP contribution in [0.1, 0.15) is 28.8 Å². The first kappa shape index (κ1) is 8.35. The van der Waals surface area contributed by atoms with E-state index in [1.54, 1.807) is 0 Å². The van der Waals surface area contributed by atoms with Gasteiger partial charge in [-0.15, -0.1) is 0 Å². The predicted octanol–water partition coefficient (Wildman–Crippen LogP) is 2.48. The van der Waals surface area contributed by atoms with E-state index in [0.717, 1.165) is 12.1 Å². The fourth-order valence-corrected chi connectivity index (χ4v) is 1.69. The van der Waals surface area contributed by atoms with Crippen LogP contribution in [0.15, 0.2) is 12.1 Å². The van der Waals surface area contributed by atoms with Crippen molar-refractivity contribution < 1.29 is 13.6 Å². The van der Waals surface area contributed by atoms with E-state index >= 15 is 0 Å². The SMILES string of the molecule is O=C1CCCc2c(F)ccc(F)c21. The lowest BCUT2D eigenvalue weighted by Gasteiger charge is -2.15. The normalized spacial score (nSPS) is 15.7. The van der Waals surface area contributed by atoms with Crippen LogP contribution in [0.2, 0.25) is 0 Å². The van der Waals surface area contributed by atoms with Gasteiger partial charge in [0.05, 0.1) is 5.56 Å². The highest BCUT2D eigenvalue weighted by molar-refractivity contribution is 5.98. The van der Waals surface area contributed by atoms with E-state index in [4.69, 9.17) is 0 Å². The molecule has 0 N–H and O–H groups in total. The van der Waals surface area contributed by atoms with Gasteiger partial charge in [0, 0.05) is 12.0 Å². The second kappa shape index (κ2) is 2.91. The van der Waals surface area contributed by atoms with E-state index in [2.05, 4.69) is 0 Å². The smallest absolute Gasteiger partial charge is 0.166 e. The topological polar surface area (TPSA) is 17.1 Å². The molecule has 68 valence electrons. The van der Waals surface area contributed by atoms with Gasteiger partial charge in [-0.05, 0) is 25.0 Å². The molecule has 2 rings (SSSR count). The highest BCUT2D eigenvalue weighted by Crippen LogP contribution is 2.25. The Morgan fingerprint density at radius 2 is 1.77 bits per heavy atom. The summed E-state index contributed by atoms with van der Waals surface area (Å²) in [7, 11) is 0. The molecule has 0 radical (unpaired) electrons. The number of hydrogen-bond donors (Lipinski definition) is 0. The number of rotatable bonds is 0. The fourth-order valence-electron chi connectivity index (χ4n) is 1.69. The number of fused-ring (bicyclic) bond motifs is 1. The van der Waals surface area contributed by atoms with Gasteiger partial charge in [0.1, 0.15) is 11.6 Å². The van der Waals surface area contributed by atoms with Crippen molar-refractivity contribution in [2.75, 3.05) is 0 Å². The molecule has 0 aliphatic heterocycles. The van der Waals surface area contributed by atoms with E-state index in [0.29, 0.717) is 19.3 Å². The van der Waals surface area contributed by atoms with Gasteiger partial charge in [0.15, 0.2) is 5.78 Å². The first-order valence-corrected chi connectivity index (χ1v) is 4.20. The molecular formula is C10H8F2O. The van der Waals surface area contributed by atoms with Crippen molar-refractivity contribution in [2.24, 2.45) is 0 Å². The van der Waals surface area contributed by atoms with Crippen LogP contribution >= 0.6 is 0 Å². The third kappa shape index (κ3) is 1.24. The quantitative estimate of drug-likeness (QED) is 0.602. The summed E-state index contributed by atoms with van der Waals surface area (Å²) in [6, 6.07) is 2.09. The third-order valence-electron chi connectivity index (χ3n) is 2.31. The van der Waals surface area contributed by atoms with E-state index in [-0.39, 0.29) is 16.9 Å². The first-order valence-electron chi connectivity index (χ1n) is 4.20. The molecule has 0 spiro atoms. The van der Waals surface area contributed by atoms with Gasteiger partial charge in [0.25, 0.3) is 0 Å². The van der Waals surface area contributed by atoms with Gasteiger partial charge in [-0.25, -0.2) is 8.78 Å². The second-order valence-corrected chi connectivity index (χ2v) is 3.16. The lowest BCUT2D eigenvalue weighted by atomic mass is 9.90. The average molecular weight is 182 g/mol. The number of benzene rings is 1. The summed E-state index contributed by atoms with van der Waals surface area (Å²) in [5.74, 6) is -1.34. The minimum Gasteiger partial charge on any atom is -0.294 e. The summed E-state index contributed by atoms with van der Waals surface area (Å²) in [5.41, 5.74) is 0.211. The summed E-state index contributed by atoms with van der Waals surface area (Å²) in [4.78, 5) is 11.3. The zero-order valence-corrected chi connectivity index (χ0v) is 6.94. The molecule has 1 aromatic carbocycles. The Hall–Kier alpha value is -1.25. The maximum Gasteiger partial charge on any atom is 0.166 e. The minimum atomic E-state index is -0.596. The summed E-state index contributed by atoms with van der Waals surface area (Å²) >= 11 is 0. The molecule has 0 heterocycles. The lowest BCUT2D eigenvalue weighted by Crippen LogP contribution is -2.14. The maximum atomic E-state index is 13.1. The van der Waals surface area contributed by atoms with Crippen LogP contribution in [0, 0.1) is 11.6 Å². The number of hydrogen-bond acceptors (Lipinski definition) is 1. The monoisotopic (exact) mass is 182 g/mol. The molecule has 13 heavy (non-hydrogen) atoms. The Balaban J connectivity index is 2.67. The molecule has 0 atom stereocenters. The van der Waals surface area contributed by atoms with Crippen molar-refractivity contribution in [1.82, 2.24) is 0 Å². The zero-order chi connectivity index (χ0) is 9.42. The number of halogens is 2. The van der Waals surface area contributed by atoms with Gasteiger partial charge in [-0.1, -0.05) is 0 Å². The van der Waals surface area contributed by atoms with E-state index in [1.165, 1.54) is 0 Å². The lowest BCUT2D eigenvalue weighted by molar-refractivity contribution is 0.0967. The maximum absolute atomic E-state index is 13.1. The van der Waals surface area contributed by atoms with Gasteiger partial charge in [-0.3, -0.25) is 4.79 Å². The molecule has 0 unspecified atom stereocenters. The van der Waals surface area contributed by atoms with Gasteiger partial charge < -0.3 is 0 Å². The number of carbonyl (C=O) groups excluding carboxylic acids is 1. The van der Waals surface area contributed by atoms with Crippen molar-refractivity contribution >= 4 is 5.78 Å². The summed E-state index contributed by atoms with van der Waals surface area (Å²) in [6.07, 6.45) is 1.41. The summed E-state index contributed by atoms with van der Waals surface area (Å²) in [5, 5.41) is 0. The van der Waals surface area contributed by atoms with Gasteiger partial charge in [0.2, 0.25) is 0 Å². The Morgan fingerprint density at radius 3 is 2.46 bits per heavy atom. The molecule has 0 fully saturated rings. The van der Waals surface area contributed by atoms with Crippen LogP contribution in [0.4, 0.5) is 8.78 Å². The van der Waals surface area contributed by atoms with Gasteiger partial charge in [-0.2, -0.15) is 0 Å². The van der Waals surface area contributed by atoms with Crippen molar-refractivity contribution in [1.29, 1.82) is 0 Å². The molecule has 3 heteroatoms. The highest BCUT2D eigenvalue weighted by Gasteiger charge is 2.23. The van der Waals surface area contributed by atoms with Crippen LogP contribution in [0.3, 0.4) is 0 Å². The predicted molar refractivity (Wildman–Crippen MR) is 43.6 cm³/mol. The Bertz CT molecular complexity index is 371. The molecule has 0 saturated heterocycles. The van der Waals surface area contributed by atoms with Crippen molar-refractivity contribution in [3.05, 3.63) is 34.9 Å². The van der Waals surface area contributed by atoms with Crippen molar-refractivity contribution in [3.63, 3.8) is 0 Å². The van der Waals surface area contributed by atoms with E-state index in [1.807, 2.05) is 0 Å². The minimum absolute atomic E-state index is 0.0359. The first-order chi connectivity index (χ1) is 6.20. The molecular weight excluding hydrogens is 174 g/mol. The molecule has 1 aliphatic rings. The Labute approximate surface area is 74.4 Å². The van der Waals surface area contributed by atoms with Crippen LogP contribution in [0.5, 0.6) is 0 Å². The number of carbonyl (C=O) groups is 1. The van der Waals surface area contributed by atoms with Gasteiger partial charge >= 0.3 is 0 Å². The van der Waals surface area contributed by atoms with Crippen LogP contribution in [-0.4, -0.2) is 5.78 Å². The number of Topliss-reactive ketones (excluding diaryl/α,β-unsaturated/α-hetero) is 1. The molecule has 1 aliphatic carbocycles. The Morgan fingerprint density at radius 1 is 1.08 bits per heavy atom. The van der Waals surface area contributed by atoms with Crippen LogP contribution < -0.4 is 0 Å². The molecule has 1 nitrogen and oxygen atoms in total. The molecule has 0 aromatic heterocycles. The highest BCUT2D eigenvalue weighted by atomic mass is 19.1. The van der Waals surface area contributed by atoms with E-state index < -0.39 is 11.6 Å². The number of ketones is 1. The van der Waals surface area contributed by atoms with Crippen LogP contribution in [-0.2, 0) is 6.42 Å². The molecule has 0 saturated carbocycles. The van der Waals surface area contributed by atoms with E-state index in [9.17, 15) is 13.6 Å². The van der Waals surface area contributed by atoms with Crippen molar-refractivity contribution in [3.8, 4) is 0 Å². The largest absolute Gasteiger partial charge is 0.294 e. The van der Waals surface area contributed by atoms with Crippen LogP contribution in [0.25, 0.3) is 0 Å². The zero-order valence-electron chi connectivity index (χ0n) is 6.94. The molecule has 1 aromatic rings. The Kier molecular flexibility index (Phi) is 1.87. The average Bonchev–Trinajstić information content (AvgIpc) is 2.12. The fraction of sp³-hybridized carbons (Fsp3) is 0.300. The summed E-state index contributed by atoms with van der Waals surface area (Å²) in [6.45, 7) is 0. The standard InChI is InChI=1S/C10H8F2O/c11-7-4-5-8(12)10-6(7)2-1-3-9(10)13/h4-5H,1-3H2. The summed E-state index contributed by atoms with van der Waals surface area (Å²) < 4.78 is 26.2. The van der Waals surface area contributed by atoms with Crippen molar-refractivity contribution in [2.45, 2.75) is 19.3 Å². The third-order valence-corrected chi connectivity index (χ3v) is 2.31. The molecule has 0 bridgehead atoms. The second-order valence-electron chi connectivity index (χ2n) is 3.16. The molecule has 0 amide bonds.